The Labute approximate surface area is 163 Å². The number of allylic oxidation sites excluding steroid dienone is 1. The maximum atomic E-state index is 12.5. The Balaban J connectivity index is 1.99. The molecule has 0 unspecified atom stereocenters. The van der Waals surface area contributed by atoms with Crippen LogP contribution in [0.15, 0.2) is 45.6 Å². The van der Waals surface area contributed by atoms with Crippen molar-refractivity contribution in [3.63, 3.8) is 0 Å². The number of furan rings is 1. The van der Waals surface area contributed by atoms with E-state index in [9.17, 15) is 26.4 Å². The van der Waals surface area contributed by atoms with Gasteiger partial charge < -0.3 is 18.1 Å². The van der Waals surface area contributed by atoms with Crippen LogP contribution >= 0.6 is 0 Å². The Hall–Kier alpha value is -2.95. The van der Waals surface area contributed by atoms with Gasteiger partial charge in [-0.05, 0) is 38.1 Å². The first-order valence-electron chi connectivity index (χ1n) is 8.16. The van der Waals surface area contributed by atoms with E-state index >= 15 is 0 Å². The molecular weight excluding hydrogens is 417 g/mol. The molecule has 0 bridgehead atoms. The van der Waals surface area contributed by atoms with Crippen LogP contribution in [0.3, 0.4) is 0 Å². The van der Waals surface area contributed by atoms with Crippen LogP contribution in [0.25, 0.3) is 16.7 Å². The van der Waals surface area contributed by atoms with Gasteiger partial charge in [0.2, 0.25) is 0 Å². The van der Waals surface area contributed by atoms with Crippen molar-refractivity contribution < 1.29 is 44.5 Å². The lowest BCUT2D eigenvalue weighted by molar-refractivity contribution is -0.136. The number of halogens is 3. The topological polar surface area (TPSA) is 92.0 Å². The molecule has 0 fully saturated rings. The lowest BCUT2D eigenvalue weighted by Gasteiger charge is -2.21. The van der Waals surface area contributed by atoms with Gasteiger partial charge in [-0.25, -0.2) is 0 Å². The highest BCUT2D eigenvalue weighted by molar-refractivity contribution is 7.88. The monoisotopic (exact) mass is 432 g/mol. The molecule has 11 heteroatoms. The zero-order valence-electron chi connectivity index (χ0n) is 15.4. The molecule has 3 rings (SSSR count). The van der Waals surface area contributed by atoms with Crippen LogP contribution in [0, 0.1) is 0 Å². The fourth-order valence-electron chi connectivity index (χ4n) is 2.70. The molecule has 1 aromatic heterocycles. The molecule has 1 aliphatic rings. The van der Waals surface area contributed by atoms with Crippen molar-refractivity contribution in [1.29, 1.82) is 0 Å². The largest absolute Gasteiger partial charge is 0.534 e. The second-order valence-corrected chi connectivity index (χ2v) is 7.78. The summed E-state index contributed by atoms with van der Waals surface area (Å²) in [5, 5.41) is 0.291. The number of fused-ring (bicyclic) bond motifs is 1. The summed E-state index contributed by atoms with van der Waals surface area (Å²) in [7, 11) is -5.79. The molecule has 1 aromatic carbocycles. The Morgan fingerprint density at radius 1 is 1.17 bits per heavy atom. The summed E-state index contributed by atoms with van der Waals surface area (Å²) < 4.78 is 80.4. The first-order valence-corrected chi connectivity index (χ1v) is 9.57. The maximum absolute atomic E-state index is 12.5. The Morgan fingerprint density at radius 2 is 1.86 bits per heavy atom. The zero-order valence-corrected chi connectivity index (χ0v) is 16.2. The number of hydrogen-bond donors (Lipinski definition) is 0. The molecule has 2 aromatic rings. The Morgan fingerprint density at radius 3 is 2.48 bits per heavy atom. The number of ether oxygens (including phenoxy) is 2. The number of alkyl halides is 3. The Kier molecular flexibility index (Phi) is 5.11. The molecule has 7 nitrogen and oxygen atoms in total. The highest BCUT2D eigenvalue weighted by atomic mass is 32.2. The summed E-state index contributed by atoms with van der Waals surface area (Å²) in [6.45, 7) is 4.81. The second kappa shape index (κ2) is 7.14. The predicted molar refractivity (Wildman–Crippen MR) is 94.8 cm³/mol. The standard InChI is InChI=1S/C18H15F3O7S/c1-9-8-25-17(10(2)16(9)26-11(3)22)15-7-12-6-13(4-5-14(12)27-15)28-29(23,24)18(19,20)21/h4-7H,8H2,1-3H3. The quantitative estimate of drug-likeness (QED) is 0.405. The molecule has 0 radical (unpaired) electrons. The number of hydrogen-bond acceptors (Lipinski definition) is 7. The first-order chi connectivity index (χ1) is 13.4. The van der Waals surface area contributed by atoms with Gasteiger partial charge in [-0.3, -0.25) is 4.79 Å². The molecule has 156 valence electrons. The van der Waals surface area contributed by atoms with Crippen molar-refractivity contribution in [1.82, 2.24) is 0 Å². The van der Waals surface area contributed by atoms with Crippen LogP contribution in [0.4, 0.5) is 13.2 Å². The van der Waals surface area contributed by atoms with Gasteiger partial charge in [0.1, 0.15) is 23.7 Å². The number of esters is 1. The van der Waals surface area contributed by atoms with Crippen LogP contribution in [-0.2, 0) is 24.4 Å². The van der Waals surface area contributed by atoms with Gasteiger partial charge in [-0.2, -0.15) is 21.6 Å². The lowest BCUT2D eigenvalue weighted by Crippen LogP contribution is -2.27. The summed E-state index contributed by atoms with van der Waals surface area (Å²) in [6, 6.07) is 4.86. The van der Waals surface area contributed by atoms with Crippen molar-refractivity contribution in [2.45, 2.75) is 26.3 Å². The van der Waals surface area contributed by atoms with E-state index in [0.29, 0.717) is 22.3 Å². The molecule has 0 aliphatic carbocycles. The van der Waals surface area contributed by atoms with Gasteiger partial charge >= 0.3 is 21.6 Å². The van der Waals surface area contributed by atoms with Crippen molar-refractivity contribution in [3.8, 4) is 5.75 Å². The number of carbonyl (C=O) groups is 1. The fourth-order valence-corrected chi connectivity index (χ4v) is 3.15. The van der Waals surface area contributed by atoms with E-state index in [4.69, 9.17) is 13.9 Å². The number of rotatable bonds is 4. The summed E-state index contributed by atoms with van der Waals surface area (Å²) in [5.74, 6) is -0.163. The van der Waals surface area contributed by atoms with E-state index < -0.39 is 27.3 Å². The summed E-state index contributed by atoms with van der Waals surface area (Å²) in [4.78, 5) is 11.3. The minimum Gasteiger partial charge on any atom is -0.485 e. The molecular formula is C18H15F3O7S. The normalized spacial score (nSPS) is 15.5. The van der Waals surface area contributed by atoms with Gasteiger partial charge in [0.25, 0.3) is 0 Å². The number of benzene rings is 1. The molecule has 0 atom stereocenters. The Bertz CT molecular complexity index is 1150. The van der Waals surface area contributed by atoms with E-state index in [1.54, 1.807) is 13.8 Å². The SMILES string of the molecule is CC(=O)OC1=C(C)COC(c2cc3cc(OS(=O)(=O)C(F)(F)F)ccc3o2)=C1C. The zero-order chi connectivity index (χ0) is 21.6. The summed E-state index contributed by atoms with van der Waals surface area (Å²) in [5.41, 5.74) is -4.08. The van der Waals surface area contributed by atoms with Crippen LogP contribution < -0.4 is 4.18 Å². The molecule has 2 heterocycles. The van der Waals surface area contributed by atoms with Gasteiger partial charge in [0.15, 0.2) is 11.5 Å². The van der Waals surface area contributed by atoms with Gasteiger partial charge in [0, 0.05) is 23.5 Å². The van der Waals surface area contributed by atoms with Crippen LogP contribution in [-0.4, -0.2) is 26.5 Å². The lowest BCUT2D eigenvalue weighted by atomic mass is 10.1. The number of carbonyl (C=O) groups excluding carboxylic acids is 1. The third-order valence-corrected chi connectivity index (χ3v) is 4.93. The fraction of sp³-hybridized carbons (Fsp3) is 0.278. The molecule has 0 saturated heterocycles. The molecule has 0 spiro atoms. The van der Waals surface area contributed by atoms with Gasteiger partial charge in [-0.1, -0.05) is 0 Å². The third-order valence-electron chi connectivity index (χ3n) is 3.95. The average molecular weight is 432 g/mol. The minimum absolute atomic E-state index is 0.143. The minimum atomic E-state index is -5.79. The molecule has 1 aliphatic heterocycles. The highest BCUT2D eigenvalue weighted by Gasteiger charge is 2.48. The molecule has 0 saturated carbocycles. The summed E-state index contributed by atoms with van der Waals surface area (Å²) in [6.07, 6.45) is 0. The third kappa shape index (κ3) is 4.09. The van der Waals surface area contributed by atoms with E-state index in [1.807, 2.05) is 0 Å². The van der Waals surface area contributed by atoms with Crippen LogP contribution in [0.5, 0.6) is 5.75 Å². The molecule has 0 amide bonds. The van der Waals surface area contributed by atoms with Crippen molar-refractivity contribution in [2.75, 3.05) is 6.61 Å². The van der Waals surface area contributed by atoms with Crippen LogP contribution in [0.2, 0.25) is 0 Å². The smallest absolute Gasteiger partial charge is 0.485 e. The second-order valence-electron chi connectivity index (χ2n) is 6.24. The first kappa shape index (κ1) is 20.8. The highest BCUT2D eigenvalue weighted by Crippen LogP contribution is 2.36. The van der Waals surface area contributed by atoms with Gasteiger partial charge in [-0.15, -0.1) is 0 Å². The van der Waals surface area contributed by atoms with Crippen LogP contribution in [0.1, 0.15) is 26.5 Å². The van der Waals surface area contributed by atoms with E-state index in [-0.39, 0.29) is 23.7 Å². The maximum Gasteiger partial charge on any atom is 0.534 e. The van der Waals surface area contributed by atoms with Crippen molar-refractivity contribution in [2.24, 2.45) is 0 Å². The van der Waals surface area contributed by atoms with E-state index in [0.717, 1.165) is 12.1 Å². The molecule has 29 heavy (non-hydrogen) atoms. The molecule has 0 N–H and O–H groups in total. The predicted octanol–water partition coefficient (Wildman–Crippen LogP) is 4.26. The van der Waals surface area contributed by atoms with E-state index in [2.05, 4.69) is 4.18 Å². The van der Waals surface area contributed by atoms with E-state index in [1.165, 1.54) is 19.1 Å². The average Bonchev–Trinajstić information content (AvgIpc) is 3.00. The summed E-state index contributed by atoms with van der Waals surface area (Å²) >= 11 is 0. The van der Waals surface area contributed by atoms with Crippen molar-refractivity contribution >= 4 is 32.8 Å². The van der Waals surface area contributed by atoms with Crippen molar-refractivity contribution in [3.05, 3.63) is 46.9 Å². The van der Waals surface area contributed by atoms with Gasteiger partial charge in [0.05, 0.1) is 0 Å².